The van der Waals surface area contributed by atoms with Gasteiger partial charge < -0.3 is 15.0 Å². The van der Waals surface area contributed by atoms with E-state index < -0.39 is 0 Å². The van der Waals surface area contributed by atoms with E-state index in [4.69, 9.17) is 4.74 Å². The molecule has 0 aliphatic carbocycles. The highest BCUT2D eigenvalue weighted by Gasteiger charge is 2.41. The minimum Gasteiger partial charge on any atom is -0.376 e. The molecule has 104 valence electrons. The topological polar surface area (TPSA) is 41.6 Å². The van der Waals surface area contributed by atoms with Crippen molar-refractivity contribution >= 4 is 5.91 Å². The molecule has 2 unspecified atom stereocenters. The van der Waals surface area contributed by atoms with Gasteiger partial charge in [0, 0.05) is 20.2 Å². The van der Waals surface area contributed by atoms with Gasteiger partial charge >= 0.3 is 0 Å². The summed E-state index contributed by atoms with van der Waals surface area (Å²) < 4.78 is 5.71. The Morgan fingerprint density at radius 2 is 2.28 bits per heavy atom. The van der Waals surface area contributed by atoms with E-state index in [0.717, 1.165) is 51.8 Å². The smallest absolute Gasteiger partial charge is 0.242 e. The second-order valence-electron chi connectivity index (χ2n) is 5.64. The normalized spacial score (nSPS) is 32.4. The molecule has 0 bridgehead atoms. The van der Waals surface area contributed by atoms with Crippen LogP contribution in [-0.2, 0) is 9.53 Å². The molecule has 2 aliphatic heterocycles. The van der Waals surface area contributed by atoms with Crippen LogP contribution < -0.4 is 5.32 Å². The number of ether oxygens (including phenoxy) is 1. The molecule has 0 aromatic heterocycles. The standard InChI is InChI=1S/C14H26N2O2/c1-3-14(8-6-9-15-14)13(17)16(2)11-12-7-4-5-10-18-12/h12,15H,3-11H2,1-2H3. The Hall–Kier alpha value is -0.610. The van der Waals surface area contributed by atoms with Crippen molar-refractivity contribution in [1.82, 2.24) is 10.2 Å². The Morgan fingerprint density at radius 1 is 1.44 bits per heavy atom. The van der Waals surface area contributed by atoms with E-state index in [1.165, 1.54) is 6.42 Å². The molecular weight excluding hydrogens is 228 g/mol. The lowest BCUT2D eigenvalue weighted by Gasteiger charge is -2.34. The van der Waals surface area contributed by atoms with Gasteiger partial charge in [0.1, 0.15) is 0 Å². The molecule has 4 heteroatoms. The van der Waals surface area contributed by atoms with Gasteiger partial charge in [-0.3, -0.25) is 4.79 Å². The van der Waals surface area contributed by atoms with Gasteiger partial charge in [-0.2, -0.15) is 0 Å². The van der Waals surface area contributed by atoms with Crippen LogP contribution in [0.15, 0.2) is 0 Å². The highest BCUT2D eigenvalue weighted by molar-refractivity contribution is 5.86. The minimum absolute atomic E-state index is 0.239. The molecule has 0 aromatic rings. The fraction of sp³-hybridized carbons (Fsp3) is 0.929. The van der Waals surface area contributed by atoms with Crippen LogP contribution in [0.25, 0.3) is 0 Å². The molecule has 1 amide bonds. The van der Waals surface area contributed by atoms with Crippen molar-refractivity contribution in [1.29, 1.82) is 0 Å². The Kier molecular flexibility index (Phi) is 4.62. The zero-order valence-corrected chi connectivity index (χ0v) is 11.7. The van der Waals surface area contributed by atoms with Gasteiger partial charge in [-0.1, -0.05) is 6.92 Å². The molecule has 2 atom stereocenters. The summed E-state index contributed by atoms with van der Waals surface area (Å²) in [6.45, 7) is 4.65. The first-order chi connectivity index (χ1) is 8.68. The Balaban J connectivity index is 1.90. The van der Waals surface area contributed by atoms with E-state index in [0.29, 0.717) is 0 Å². The third-order valence-electron chi connectivity index (χ3n) is 4.35. The second-order valence-corrected chi connectivity index (χ2v) is 5.64. The first kappa shape index (κ1) is 13.8. The second kappa shape index (κ2) is 6.02. The monoisotopic (exact) mass is 254 g/mol. The zero-order chi connectivity index (χ0) is 13.0. The number of hydrogen-bond donors (Lipinski definition) is 1. The first-order valence-corrected chi connectivity index (χ1v) is 7.30. The summed E-state index contributed by atoms with van der Waals surface area (Å²) in [4.78, 5) is 14.5. The molecule has 0 spiro atoms. The van der Waals surface area contributed by atoms with Gasteiger partial charge in [0.25, 0.3) is 0 Å². The average Bonchev–Trinajstić information content (AvgIpc) is 2.89. The third kappa shape index (κ3) is 2.86. The number of likely N-dealkylation sites (N-methyl/N-ethyl adjacent to an activating group) is 1. The molecule has 2 fully saturated rings. The summed E-state index contributed by atoms with van der Waals surface area (Å²) in [7, 11) is 1.91. The molecular formula is C14H26N2O2. The predicted octanol–water partition coefficient (Wildman–Crippen LogP) is 1.55. The summed E-state index contributed by atoms with van der Waals surface area (Å²) in [6.07, 6.45) is 6.67. The molecule has 0 saturated carbocycles. The Labute approximate surface area is 110 Å². The number of amides is 1. The summed E-state index contributed by atoms with van der Waals surface area (Å²) in [5.41, 5.74) is -0.302. The number of carbonyl (C=O) groups excluding carboxylic acids is 1. The van der Waals surface area contributed by atoms with Gasteiger partial charge in [0.2, 0.25) is 5.91 Å². The van der Waals surface area contributed by atoms with E-state index in [2.05, 4.69) is 12.2 Å². The Bertz CT molecular complexity index is 282. The van der Waals surface area contributed by atoms with E-state index in [1.54, 1.807) is 0 Å². The highest BCUT2D eigenvalue weighted by atomic mass is 16.5. The van der Waals surface area contributed by atoms with Crippen LogP contribution in [0.3, 0.4) is 0 Å². The molecule has 0 radical (unpaired) electrons. The number of nitrogens with zero attached hydrogens (tertiary/aromatic N) is 1. The van der Waals surface area contributed by atoms with Crippen molar-refractivity contribution < 1.29 is 9.53 Å². The van der Waals surface area contributed by atoms with Crippen molar-refractivity contribution in [3.8, 4) is 0 Å². The summed E-state index contributed by atoms with van der Waals surface area (Å²) in [6, 6.07) is 0. The van der Waals surface area contributed by atoms with Gasteiger partial charge in [0.05, 0.1) is 11.6 Å². The largest absolute Gasteiger partial charge is 0.376 e. The SMILES string of the molecule is CCC1(C(=O)N(C)CC2CCCCO2)CCCN1. The van der Waals surface area contributed by atoms with Crippen LogP contribution in [0.1, 0.15) is 45.4 Å². The van der Waals surface area contributed by atoms with Crippen molar-refractivity contribution in [2.75, 3.05) is 26.7 Å². The number of nitrogens with one attached hydrogen (secondary N) is 1. The van der Waals surface area contributed by atoms with Gasteiger partial charge in [0.15, 0.2) is 0 Å². The van der Waals surface area contributed by atoms with Gasteiger partial charge in [-0.25, -0.2) is 0 Å². The molecule has 4 nitrogen and oxygen atoms in total. The summed E-state index contributed by atoms with van der Waals surface area (Å²) in [5.74, 6) is 0.247. The number of rotatable bonds is 4. The summed E-state index contributed by atoms with van der Waals surface area (Å²) >= 11 is 0. The molecule has 2 rings (SSSR count). The first-order valence-electron chi connectivity index (χ1n) is 7.30. The quantitative estimate of drug-likeness (QED) is 0.827. The van der Waals surface area contributed by atoms with Gasteiger partial charge in [-0.15, -0.1) is 0 Å². The zero-order valence-electron chi connectivity index (χ0n) is 11.7. The third-order valence-corrected chi connectivity index (χ3v) is 4.35. The Morgan fingerprint density at radius 3 is 2.83 bits per heavy atom. The van der Waals surface area contributed by atoms with Gasteiger partial charge in [-0.05, 0) is 45.1 Å². The maximum Gasteiger partial charge on any atom is 0.242 e. The van der Waals surface area contributed by atoms with Crippen LogP contribution in [0.5, 0.6) is 0 Å². The molecule has 2 heterocycles. The van der Waals surface area contributed by atoms with Crippen LogP contribution in [-0.4, -0.2) is 49.2 Å². The van der Waals surface area contributed by atoms with Crippen molar-refractivity contribution in [2.45, 2.75) is 57.1 Å². The van der Waals surface area contributed by atoms with E-state index in [9.17, 15) is 4.79 Å². The summed E-state index contributed by atoms with van der Waals surface area (Å²) in [5, 5.41) is 3.41. The van der Waals surface area contributed by atoms with Crippen LogP contribution in [0.4, 0.5) is 0 Å². The van der Waals surface area contributed by atoms with Crippen molar-refractivity contribution in [3.63, 3.8) is 0 Å². The number of hydrogen-bond acceptors (Lipinski definition) is 3. The fourth-order valence-electron chi connectivity index (χ4n) is 3.15. The molecule has 18 heavy (non-hydrogen) atoms. The van der Waals surface area contributed by atoms with E-state index >= 15 is 0 Å². The fourth-order valence-corrected chi connectivity index (χ4v) is 3.15. The van der Waals surface area contributed by atoms with Crippen molar-refractivity contribution in [2.24, 2.45) is 0 Å². The minimum atomic E-state index is -0.302. The average molecular weight is 254 g/mol. The lowest BCUT2D eigenvalue weighted by atomic mass is 9.92. The predicted molar refractivity (Wildman–Crippen MR) is 71.5 cm³/mol. The lowest BCUT2D eigenvalue weighted by Crippen LogP contribution is -2.55. The maximum absolute atomic E-state index is 12.6. The van der Waals surface area contributed by atoms with E-state index in [-0.39, 0.29) is 17.6 Å². The highest BCUT2D eigenvalue weighted by Crippen LogP contribution is 2.25. The van der Waals surface area contributed by atoms with Crippen LogP contribution in [0, 0.1) is 0 Å². The lowest BCUT2D eigenvalue weighted by molar-refractivity contribution is -0.139. The molecule has 0 aromatic carbocycles. The van der Waals surface area contributed by atoms with Crippen LogP contribution in [0.2, 0.25) is 0 Å². The molecule has 1 N–H and O–H groups in total. The van der Waals surface area contributed by atoms with E-state index in [1.807, 2.05) is 11.9 Å². The van der Waals surface area contributed by atoms with Crippen LogP contribution >= 0.6 is 0 Å². The molecule has 2 aliphatic rings. The molecule has 2 saturated heterocycles. The maximum atomic E-state index is 12.6. The van der Waals surface area contributed by atoms with Crippen molar-refractivity contribution in [3.05, 3.63) is 0 Å². The number of carbonyl (C=O) groups is 1.